The second-order valence-corrected chi connectivity index (χ2v) is 12.7. The van der Waals surface area contributed by atoms with E-state index >= 15 is 0 Å². The third-order valence-corrected chi connectivity index (χ3v) is 9.43. The summed E-state index contributed by atoms with van der Waals surface area (Å²) >= 11 is 0. The molecule has 0 spiro atoms. The van der Waals surface area contributed by atoms with Crippen LogP contribution in [0.1, 0.15) is 24.0 Å². The fourth-order valence-electron chi connectivity index (χ4n) is 6.88. The molecule has 240 valence electrons. The molecule has 1 aliphatic rings. The van der Waals surface area contributed by atoms with E-state index in [2.05, 4.69) is 66.8 Å². The number of nitriles is 1. The standard InChI is InChI=1S/C46H30N4O/c47-29-30-25-37(27-38(26-30)46-49-44(34-13-6-2-7-14-34)48-45(50-46)35-15-8-3-9-16-35)36-23-24-41-40(28-36)43-39(17-10-18-42(43)51-41)33-21-19-32(20-22-33)31-11-4-1-5-12-31/h1-4,6-11,13-28H,5,12H2. The fourth-order valence-corrected chi connectivity index (χ4v) is 6.88. The average molecular weight is 655 g/mol. The van der Waals surface area contributed by atoms with Crippen molar-refractivity contribution in [1.29, 1.82) is 5.26 Å². The first kappa shape index (κ1) is 30.2. The van der Waals surface area contributed by atoms with Crippen LogP contribution in [0.5, 0.6) is 0 Å². The lowest BCUT2D eigenvalue weighted by atomic mass is 9.93. The molecule has 9 rings (SSSR count). The Balaban J connectivity index is 1.16. The predicted octanol–water partition coefficient (Wildman–Crippen LogP) is 11.7. The van der Waals surface area contributed by atoms with E-state index < -0.39 is 0 Å². The number of rotatable bonds is 6. The van der Waals surface area contributed by atoms with Gasteiger partial charge in [-0.3, -0.25) is 0 Å². The van der Waals surface area contributed by atoms with Crippen molar-refractivity contribution in [2.45, 2.75) is 12.8 Å². The first-order valence-corrected chi connectivity index (χ1v) is 17.0. The van der Waals surface area contributed by atoms with Crippen molar-refractivity contribution in [1.82, 2.24) is 15.0 Å². The Morgan fingerprint density at radius 2 is 1.18 bits per heavy atom. The molecule has 0 amide bonds. The summed E-state index contributed by atoms with van der Waals surface area (Å²) in [6.07, 6.45) is 8.71. The molecule has 0 bridgehead atoms. The van der Waals surface area contributed by atoms with Crippen LogP contribution in [0.15, 0.2) is 162 Å². The van der Waals surface area contributed by atoms with Gasteiger partial charge in [-0.1, -0.05) is 121 Å². The van der Waals surface area contributed by atoms with Crippen LogP contribution in [0.3, 0.4) is 0 Å². The van der Waals surface area contributed by atoms with Crippen molar-refractivity contribution in [3.8, 4) is 62.5 Å². The third-order valence-electron chi connectivity index (χ3n) is 9.43. The van der Waals surface area contributed by atoms with Gasteiger partial charge in [0.1, 0.15) is 11.2 Å². The number of hydrogen-bond acceptors (Lipinski definition) is 5. The van der Waals surface area contributed by atoms with Crippen molar-refractivity contribution in [3.05, 3.63) is 169 Å². The molecule has 6 aromatic carbocycles. The Morgan fingerprint density at radius 1 is 0.529 bits per heavy atom. The molecule has 5 nitrogen and oxygen atoms in total. The van der Waals surface area contributed by atoms with Crippen LogP contribution >= 0.6 is 0 Å². The molecule has 8 aromatic rings. The van der Waals surface area contributed by atoms with Gasteiger partial charge in [0.25, 0.3) is 0 Å². The lowest BCUT2D eigenvalue weighted by molar-refractivity contribution is 0.669. The van der Waals surface area contributed by atoms with Crippen LogP contribution in [0, 0.1) is 11.3 Å². The Kier molecular flexibility index (Phi) is 7.60. The highest BCUT2D eigenvalue weighted by atomic mass is 16.3. The SMILES string of the molecule is N#Cc1cc(-c2ccc3oc4cccc(-c5ccc(C6=CC=CCC6)cc5)c4c3c2)cc(-c2nc(-c3ccccc3)nc(-c3ccccc3)n2)c1. The maximum Gasteiger partial charge on any atom is 0.164 e. The molecule has 0 atom stereocenters. The number of hydrogen-bond donors (Lipinski definition) is 0. The number of furan rings is 1. The highest BCUT2D eigenvalue weighted by molar-refractivity contribution is 6.13. The molecule has 0 fully saturated rings. The van der Waals surface area contributed by atoms with Crippen molar-refractivity contribution < 1.29 is 4.42 Å². The van der Waals surface area contributed by atoms with Gasteiger partial charge in [0.15, 0.2) is 17.5 Å². The molecule has 51 heavy (non-hydrogen) atoms. The zero-order valence-electron chi connectivity index (χ0n) is 27.6. The molecule has 0 saturated carbocycles. The van der Waals surface area contributed by atoms with E-state index in [1.807, 2.05) is 97.1 Å². The molecule has 0 radical (unpaired) electrons. The summed E-state index contributed by atoms with van der Waals surface area (Å²) in [7, 11) is 0. The summed E-state index contributed by atoms with van der Waals surface area (Å²) in [5.74, 6) is 1.65. The second kappa shape index (κ2) is 12.9. The van der Waals surface area contributed by atoms with Gasteiger partial charge in [-0.25, -0.2) is 15.0 Å². The van der Waals surface area contributed by atoms with Crippen molar-refractivity contribution in [3.63, 3.8) is 0 Å². The van der Waals surface area contributed by atoms with E-state index in [4.69, 9.17) is 19.4 Å². The molecule has 2 aromatic heterocycles. The molecule has 5 heteroatoms. The largest absolute Gasteiger partial charge is 0.456 e. The molecular weight excluding hydrogens is 625 g/mol. The molecule has 0 saturated heterocycles. The molecule has 0 unspecified atom stereocenters. The van der Waals surface area contributed by atoms with Crippen LogP contribution in [0.25, 0.3) is 83.9 Å². The normalized spacial score (nSPS) is 12.6. The summed E-state index contributed by atoms with van der Waals surface area (Å²) in [4.78, 5) is 14.7. The Labute approximate surface area is 295 Å². The van der Waals surface area contributed by atoms with E-state index in [1.54, 1.807) is 0 Å². The summed E-state index contributed by atoms with van der Waals surface area (Å²) < 4.78 is 6.38. The first-order chi connectivity index (χ1) is 25.2. The lowest BCUT2D eigenvalue weighted by Crippen LogP contribution is -2.00. The van der Waals surface area contributed by atoms with Crippen LogP contribution in [-0.2, 0) is 0 Å². The van der Waals surface area contributed by atoms with E-state index in [1.165, 1.54) is 11.1 Å². The second-order valence-electron chi connectivity index (χ2n) is 12.7. The fraction of sp³-hybridized carbons (Fsp3) is 0.0435. The molecule has 1 aliphatic carbocycles. The minimum absolute atomic E-state index is 0.502. The molecule has 2 heterocycles. The smallest absolute Gasteiger partial charge is 0.164 e. The van der Waals surface area contributed by atoms with Gasteiger partial charge in [-0.2, -0.15) is 5.26 Å². The predicted molar refractivity (Wildman–Crippen MR) is 205 cm³/mol. The number of benzene rings is 6. The van der Waals surface area contributed by atoms with Gasteiger partial charge in [0.05, 0.1) is 11.6 Å². The molecule has 0 N–H and O–H groups in total. The minimum Gasteiger partial charge on any atom is -0.456 e. The minimum atomic E-state index is 0.502. The molecular formula is C46H30N4O. The van der Waals surface area contributed by atoms with Gasteiger partial charge in [0.2, 0.25) is 0 Å². The van der Waals surface area contributed by atoms with E-state index in [-0.39, 0.29) is 0 Å². The van der Waals surface area contributed by atoms with Gasteiger partial charge in [-0.05, 0) is 82.6 Å². The summed E-state index contributed by atoms with van der Waals surface area (Å²) in [6, 6.07) is 49.3. The topological polar surface area (TPSA) is 75.6 Å². The maximum absolute atomic E-state index is 10.2. The quantitative estimate of drug-likeness (QED) is 0.178. The van der Waals surface area contributed by atoms with Crippen LogP contribution in [-0.4, -0.2) is 15.0 Å². The summed E-state index contributed by atoms with van der Waals surface area (Å²) in [5.41, 5.74) is 11.4. The number of nitrogens with zero attached hydrogens (tertiary/aromatic N) is 4. The number of aromatic nitrogens is 3. The van der Waals surface area contributed by atoms with E-state index in [0.29, 0.717) is 23.0 Å². The zero-order chi connectivity index (χ0) is 34.1. The van der Waals surface area contributed by atoms with Gasteiger partial charge in [-0.15, -0.1) is 0 Å². The Hall–Kier alpha value is -6.90. The Morgan fingerprint density at radius 3 is 1.84 bits per heavy atom. The van der Waals surface area contributed by atoms with Crippen molar-refractivity contribution >= 4 is 27.5 Å². The average Bonchev–Trinajstić information content (AvgIpc) is 3.60. The Bertz CT molecular complexity index is 2620. The van der Waals surface area contributed by atoms with Crippen molar-refractivity contribution in [2.24, 2.45) is 0 Å². The van der Waals surface area contributed by atoms with Crippen LogP contribution in [0.4, 0.5) is 0 Å². The highest BCUT2D eigenvalue weighted by Gasteiger charge is 2.17. The maximum atomic E-state index is 10.2. The van der Waals surface area contributed by atoms with E-state index in [9.17, 15) is 5.26 Å². The van der Waals surface area contributed by atoms with Gasteiger partial charge >= 0.3 is 0 Å². The number of allylic oxidation sites excluding steroid dienone is 4. The third kappa shape index (κ3) is 5.79. The zero-order valence-corrected chi connectivity index (χ0v) is 27.6. The first-order valence-electron chi connectivity index (χ1n) is 17.0. The lowest BCUT2D eigenvalue weighted by Gasteiger charge is -2.11. The molecule has 0 aliphatic heterocycles. The number of fused-ring (bicyclic) bond motifs is 3. The van der Waals surface area contributed by atoms with Gasteiger partial charge in [0, 0.05) is 27.5 Å². The van der Waals surface area contributed by atoms with Crippen LogP contribution < -0.4 is 0 Å². The highest BCUT2D eigenvalue weighted by Crippen LogP contribution is 2.39. The van der Waals surface area contributed by atoms with E-state index in [0.717, 1.165) is 73.7 Å². The van der Waals surface area contributed by atoms with Crippen LogP contribution in [0.2, 0.25) is 0 Å². The summed E-state index contributed by atoms with van der Waals surface area (Å²) in [6.45, 7) is 0. The monoisotopic (exact) mass is 654 g/mol. The van der Waals surface area contributed by atoms with Crippen molar-refractivity contribution in [2.75, 3.05) is 0 Å². The summed E-state index contributed by atoms with van der Waals surface area (Å²) in [5, 5.41) is 12.2. The van der Waals surface area contributed by atoms with Gasteiger partial charge < -0.3 is 4.42 Å².